The number of piperidine rings is 1. The normalized spacial score (nSPS) is 21.3. The Bertz CT molecular complexity index is 1120. The number of carbonyl (C=O) groups excluding carboxylic acids is 2. The molecule has 0 N–H and O–H groups in total. The van der Waals surface area contributed by atoms with Gasteiger partial charge in [0, 0.05) is 37.4 Å². The van der Waals surface area contributed by atoms with Crippen LogP contribution >= 0.6 is 11.6 Å². The van der Waals surface area contributed by atoms with Crippen LogP contribution in [0.4, 0.5) is 4.79 Å². The van der Waals surface area contributed by atoms with Crippen LogP contribution in [0, 0.1) is 0 Å². The molecule has 2 atom stereocenters. The van der Waals surface area contributed by atoms with E-state index in [0.717, 1.165) is 29.7 Å². The molecule has 160 valence electrons. The predicted molar refractivity (Wildman–Crippen MR) is 114 cm³/mol. The van der Waals surface area contributed by atoms with Gasteiger partial charge in [-0.05, 0) is 18.4 Å². The van der Waals surface area contributed by atoms with Crippen molar-refractivity contribution in [3.05, 3.63) is 65.5 Å². The van der Waals surface area contributed by atoms with Crippen molar-refractivity contribution in [2.75, 3.05) is 19.6 Å². The fourth-order valence-corrected chi connectivity index (χ4v) is 4.67. The molecule has 0 aliphatic carbocycles. The molecular weight excluding hydrogens is 418 g/mol. The van der Waals surface area contributed by atoms with E-state index in [1.165, 1.54) is 4.90 Å². The van der Waals surface area contributed by atoms with Crippen molar-refractivity contribution >= 4 is 29.1 Å². The lowest BCUT2D eigenvalue weighted by Crippen LogP contribution is -2.60. The summed E-state index contributed by atoms with van der Waals surface area (Å²) in [6.45, 7) is 1.31. The highest BCUT2D eigenvalue weighted by atomic mass is 35.5. The van der Waals surface area contributed by atoms with Crippen molar-refractivity contribution in [3.63, 3.8) is 0 Å². The second-order valence-electron chi connectivity index (χ2n) is 7.98. The lowest BCUT2D eigenvalue weighted by atomic mass is 9.90. The number of fused-ring (bicyclic) bond motifs is 2. The van der Waals surface area contributed by atoms with Crippen molar-refractivity contribution in [2.24, 2.45) is 0 Å². The number of amides is 2. The maximum atomic E-state index is 12.9. The third-order valence-electron chi connectivity index (χ3n) is 6.05. The minimum absolute atomic E-state index is 0.00161. The van der Waals surface area contributed by atoms with Gasteiger partial charge < -0.3 is 9.64 Å². The summed E-state index contributed by atoms with van der Waals surface area (Å²) < 4.78 is 7.37. The van der Waals surface area contributed by atoms with Crippen LogP contribution in [-0.2, 0) is 16.1 Å². The van der Waals surface area contributed by atoms with Gasteiger partial charge >= 0.3 is 6.09 Å². The number of ether oxygens (including phenoxy) is 1. The highest BCUT2D eigenvalue weighted by Crippen LogP contribution is 2.32. The third kappa shape index (κ3) is 3.83. The molecule has 1 aromatic carbocycles. The van der Waals surface area contributed by atoms with E-state index in [-0.39, 0.29) is 31.0 Å². The second-order valence-corrected chi connectivity index (χ2v) is 8.34. The van der Waals surface area contributed by atoms with E-state index in [2.05, 4.69) is 9.97 Å². The Hall–Kier alpha value is -3.13. The highest BCUT2D eigenvalue weighted by molar-refractivity contribution is 6.32. The number of hydrogen-bond acceptors (Lipinski definition) is 5. The maximum absolute atomic E-state index is 12.9. The summed E-state index contributed by atoms with van der Waals surface area (Å²) in [5.74, 6) is 0.936. The standard InChI is InChI=1S/C22H22ClN5O3/c23-20-18-10-25-21(27(18)9-8-24-20)16-6-7-17-12-26(13-19(29)28(17)11-16)22(30)31-14-15-4-2-1-3-5-15/h1-5,8-10,16-17H,6-7,11-14H2/t16-,17-/m0/s1. The summed E-state index contributed by atoms with van der Waals surface area (Å²) >= 11 is 6.17. The van der Waals surface area contributed by atoms with E-state index in [9.17, 15) is 9.59 Å². The molecule has 2 fully saturated rings. The van der Waals surface area contributed by atoms with Crippen LogP contribution in [0.1, 0.15) is 30.1 Å². The van der Waals surface area contributed by atoms with Crippen LogP contribution in [-0.4, -0.2) is 61.8 Å². The van der Waals surface area contributed by atoms with Gasteiger partial charge in [0.1, 0.15) is 24.5 Å². The summed E-state index contributed by atoms with van der Waals surface area (Å²) in [6.07, 6.45) is 6.45. The van der Waals surface area contributed by atoms with Crippen molar-refractivity contribution in [1.82, 2.24) is 24.2 Å². The molecule has 2 aliphatic heterocycles. The van der Waals surface area contributed by atoms with E-state index in [4.69, 9.17) is 16.3 Å². The Morgan fingerprint density at radius 2 is 2.00 bits per heavy atom. The van der Waals surface area contributed by atoms with Crippen LogP contribution in [0.25, 0.3) is 5.52 Å². The molecule has 0 bridgehead atoms. The summed E-state index contributed by atoms with van der Waals surface area (Å²) in [6, 6.07) is 9.52. The number of rotatable bonds is 3. The third-order valence-corrected chi connectivity index (χ3v) is 6.34. The molecule has 9 heteroatoms. The maximum Gasteiger partial charge on any atom is 0.410 e. The average molecular weight is 440 g/mol. The number of carbonyl (C=O) groups is 2. The van der Waals surface area contributed by atoms with Crippen molar-refractivity contribution < 1.29 is 14.3 Å². The van der Waals surface area contributed by atoms with Crippen molar-refractivity contribution in [3.8, 4) is 0 Å². The average Bonchev–Trinajstić information content (AvgIpc) is 3.23. The molecular formula is C22H22ClN5O3. The highest BCUT2D eigenvalue weighted by Gasteiger charge is 2.40. The van der Waals surface area contributed by atoms with E-state index >= 15 is 0 Å². The number of aromatic nitrogens is 3. The van der Waals surface area contributed by atoms with Gasteiger partial charge in [0.05, 0.1) is 6.20 Å². The summed E-state index contributed by atoms with van der Waals surface area (Å²) in [4.78, 5) is 37.4. The Balaban J connectivity index is 1.24. The van der Waals surface area contributed by atoms with Crippen LogP contribution < -0.4 is 0 Å². The zero-order chi connectivity index (χ0) is 21.4. The number of hydrogen-bond donors (Lipinski definition) is 0. The first-order chi connectivity index (χ1) is 15.1. The first-order valence-corrected chi connectivity index (χ1v) is 10.7. The monoisotopic (exact) mass is 439 g/mol. The van der Waals surface area contributed by atoms with Crippen molar-refractivity contribution in [2.45, 2.75) is 31.4 Å². The summed E-state index contributed by atoms with van der Waals surface area (Å²) in [5.41, 5.74) is 1.68. The molecule has 0 unspecified atom stereocenters. The minimum atomic E-state index is -0.444. The quantitative estimate of drug-likeness (QED) is 0.626. The Labute approximate surface area is 184 Å². The van der Waals surface area contributed by atoms with Gasteiger partial charge in [-0.2, -0.15) is 0 Å². The molecule has 0 radical (unpaired) electrons. The Morgan fingerprint density at radius 1 is 1.16 bits per heavy atom. The molecule has 8 nitrogen and oxygen atoms in total. The fourth-order valence-electron chi connectivity index (χ4n) is 4.47. The second kappa shape index (κ2) is 8.19. The van der Waals surface area contributed by atoms with Gasteiger partial charge in [0.25, 0.3) is 0 Å². The molecule has 5 rings (SSSR count). The predicted octanol–water partition coefficient (Wildman–Crippen LogP) is 3.11. The summed E-state index contributed by atoms with van der Waals surface area (Å²) in [5, 5.41) is 0.411. The minimum Gasteiger partial charge on any atom is -0.445 e. The number of piperazine rings is 1. The van der Waals surface area contributed by atoms with Gasteiger partial charge in [0.15, 0.2) is 5.15 Å². The largest absolute Gasteiger partial charge is 0.445 e. The number of nitrogens with zero attached hydrogens (tertiary/aromatic N) is 5. The van der Waals surface area contributed by atoms with E-state index in [0.29, 0.717) is 18.2 Å². The number of benzene rings is 1. The summed E-state index contributed by atoms with van der Waals surface area (Å²) in [7, 11) is 0. The van der Waals surface area contributed by atoms with Gasteiger partial charge in [-0.1, -0.05) is 41.9 Å². The van der Waals surface area contributed by atoms with E-state index in [1.54, 1.807) is 12.4 Å². The molecule has 4 heterocycles. The first-order valence-electron chi connectivity index (χ1n) is 10.3. The Kier molecular flexibility index (Phi) is 5.23. The zero-order valence-corrected chi connectivity index (χ0v) is 17.6. The molecule has 2 amide bonds. The topological polar surface area (TPSA) is 80.0 Å². The van der Waals surface area contributed by atoms with Crippen molar-refractivity contribution in [1.29, 1.82) is 0 Å². The Morgan fingerprint density at radius 3 is 2.84 bits per heavy atom. The van der Waals surface area contributed by atoms with E-state index < -0.39 is 6.09 Å². The zero-order valence-electron chi connectivity index (χ0n) is 16.9. The smallest absolute Gasteiger partial charge is 0.410 e. The van der Waals surface area contributed by atoms with Crippen LogP contribution in [0.15, 0.2) is 48.9 Å². The van der Waals surface area contributed by atoms with Gasteiger partial charge in [-0.15, -0.1) is 0 Å². The van der Waals surface area contributed by atoms with E-state index in [1.807, 2.05) is 45.8 Å². The molecule has 0 spiro atoms. The SMILES string of the molecule is O=C(OCc1ccccc1)N1CC(=O)N2C[C@@H](c3ncc4c(Cl)nccn34)CC[C@H]2C1. The van der Waals surface area contributed by atoms with Gasteiger partial charge in [-0.25, -0.2) is 14.8 Å². The number of imidazole rings is 1. The molecule has 2 aromatic heterocycles. The van der Waals surface area contributed by atoms with Crippen LogP contribution in [0.2, 0.25) is 5.15 Å². The lowest BCUT2D eigenvalue weighted by Gasteiger charge is -2.45. The lowest BCUT2D eigenvalue weighted by molar-refractivity contribution is -0.141. The van der Waals surface area contributed by atoms with Crippen LogP contribution in [0.5, 0.6) is 0 Å². The van der Waals surface area contributed by atoms with Gasteiger partial charge in [0.2, 0.25) is 5.91 Å². The van der Waals surface area contributed by atoms with Crippen LogP contribution in [0.3, 0.4) is 0 Å². The first kappa shape index (κ1) is 19.8. The number of halogens is 1. The molecule has 0 saturated carbocycles. The molecule has 2 aliphatic rings. The molecule has 31 heavy (non-hydrogen) atoms. The molecule has 3 aromatic rings. The van der Waals surface area contributed by atoms with Gasteiger partial charge in [-0.3, -0.25) is 14.1 Å². The fraction of sp³-hybridized carbons (Fsp3) is 0.364. The molecule has 2 saturated heterocycles.